The molecule has 0 radical (unpaired) electrons. The van der Waals surface area contributed by atoms with Crippen LogP contribution >= 0.6 is 0 Å². The van der Waals surface area contributed by atoms with Gasteiger partial charge in [-0.1, -0.05) is 26.0 Å². The van der Waals surface area contributed by atoms with E-state index in [1.54, 1.807) is 12.1 Å². The summed E-state index contributed by atoms with van der Waals surface area (Å²) in [6.45, 7) is 4.73. The standard InChI is InChI=1S/C21H23F3N8/c1-3-5-17-25-18(6-4-2)32(28-17)13-14-7-9-15(10-8-14)31-12-11-16(21(22,23)24)19(31)20-26-29-30-27-20/h7-12H,3-6,13H2,1-2H3,(H,26,27,29,30). The summed E-state index contributed by atoms with van der Waals surface area (Å²) in [5.41, 5.74) is 0.550. The third-order valence-electron chi connectivity index (χ3n) is 5.04. The van der Waals surface area contributed by atoms with Gasteiger partial charge in [0, 0.05) is 24.7 Å². The van der Waals surface area contributed by atoms with Gasteiger partial charge in [0.15, 0.2) is 5.82 Å². The molecule has 0 unspecified atom stereocenters. The lowest BCUT2D eigenvalue weighted by Crippen LogP contribution is -2.09. The molecule has 0 atom stereocenters. The second-order valence-electron chi connectivity index (χ2n) is 7.45. The molecule has 0 amide bonds. The van der Waals surface area contributed by atoms with Gasteiger partial charge in [-0.2, -0.15) is 23.5 Å². The minimum atomic E-state index is -4.54. The molecule has 0 saturated carbocycles. The quantitative estimate of drug-likeness (QED) is 0.439. The van der Waals surface area contributed by atoms with Crippen LogP contribution in [0, 0.1) is 0 Å². The van der Waals surface area contributed by atoms with Crippen molar-refractivity contribution < 1.29 is 13.2 Å². The molecule has 3 aromatic heterocycles. The second-order valence-corrected chi connectivity index (χ2v) is 7.45. The smallest absolute Gasteiger partial charge is 0.313 e. The van der Waals surface area contributed by atoms with Gasteiger partial charge in [-0.05, 0) is 41.8 Å². The maximum atomic E-state index is 13.5. The Labute approximate surface area is 182 Å². The van der Waals surface area contributed by atoms with Crippen molar-refractivity contribution in [3.8, 4) is 17.2 Å². The summed E-state index contributed by atoms with van der Waals surface area (Å²) >= 11 is 0. The predicted molar refractivity (Wildman–Crippen MR) is 111 cm³/mol. The molecule has 0 spiro atoms. The van der Waals surface area contributed by atoms with Gasteiger partial charge < -0.3 is 4.57 Å². The Kier molecular flexibility index (Phi) is 6.06. The highest BCUT2D eigenvalue weighted by molar-refractivity contribution is 5.61. The van der Waals surface area contributed by atoms with Crippen LogP contribution in [0.25, 0.3) is 17.2 Å². The van der Waals surface area contributed by atoms with E-state index < -0.39 is 11.7 Å². The van der Waals surface area contributed by atoms with Gasteiger partial charge in [-0.3, -0.25) is 0 Å². The number of nitrogens with zero attached hydrogens (tertiary/aromatic N) is 7. The zero-order chi connectivity index (χ0) is 22.7. The molecular weight excluding hydrogens is 421 g/mol. The van der Waals surface area contributed by atoms with E-state index in [0.717, 1.165) is 49.0 Å². The first kappa shape index (κ1) is 21.7. The molecule has 8 nitrogen and oxygen atoms in total. The molecule has 0 aliphatic rings. The minimum Gasteiger partial charge on any atom is -0.313 e. The van der Waals surface area contributed by atoms with Crippen LogP contribution in [0.15, 0.2) is 36.5 Å². The highest BCUT2D eigenvalue weighted by Gasteiger charge is 2.37. The molecule has 1 aromatic carbocycles. The number of alkyl halides is 3. The lowest BCUT2D eigenvalue weighted by molar-refractivity contribution is -0.137. The molecular formula is C21H23F3N8. The van der Waals surface area contributed by atoms with Crippen LogP contribution in [0.2, 0.25) is 0 Å². The number of nitrogens with one attached hydrogen (secondary N) is 1. The Morgan fingerprint density at radius 2 is 1.75 bits per heavy atom. The Hall–Kier alpha value is -3.50. The average Bonchev–Trinajstić information content (AvgIpc) is 3.48. The molecule has 0 saturated heterocycles. The largest absolute Gasteiger partial charge is 0.418 e. The van der Waals surface area contributed by atoms with E-state index in [1.165, 1.54) is 10.8 Å². The Morgan fingerprint density at radius 1 is 1.00 bits per heavy atom. The number of H-pyrrole nitrogens is 1. The van der Waals surface area contributed by atoms with Gasteiger partial charge in [-0.15, -0.1) is 10.2 Å². The number of aromatic nitrogens is 8. The first-order valence-electron chi connectivity index (χ1n) is 10.4. The zero-order valence-electron chi connectivity index (χ0n) is 17.8. The monoisotopic (exact) mass is 444 g/mol. The van der Waals surface area contributed by atoms with Crippen LogP contribution in [0.3, 0.4) is 0 Å². The summed E-state index contributed by atoms with van der Waals surface area (Å²) < 4.78 is 43.9. The van der Waals surface area contributed by atoms with Crippen LogP contribution in [0.5, 0.6) is 0 Å². The lowest BCUT2D eigenvalue weighted by Gasteiger charge is -2.12. The number of hydrogen-bond donors (Lipinski definition) is 1. The number of aromatic amines is 1. The number of rotatable bonds is 8. The third-order valence-corrected chi connectivity index (χ3v) is 5.04. The Bertz CT molecular complexity index is 1160. The molecule has 32 heavy (non-hydrogen) atoms. The van der Waals surface area contributed by atoms with Gasteiger partial charge in [0.05, 0.1) is 12.1 Å². The van der Waals surface area contributed by atoms with Crippen molar-refractivity contribution in [3.05, 3.63) is 59.3 Å². The lowest BCUT2D eigenvalue weighted by atomic mass is 10.2. The summed E-state index contributed by atoms with van der Waals surface area (Å²) in [7, 11) is 0. The number of benzene rings is 1. The van der Waals surface area contributed by atoms with E-state index in [4.69, 9.17) is 0 Å². The van der Waals surface area contributed by atoms with E-state index in [2.05, 4.69) is 44.6 Å². The molecule has 3 heterocycles. The summed E-state index contributed by atoms with van der Waals surface area (Å²) in [6, 6.07) is 8.30. The number of tetrazole rings is 1. The van der Waals surface area contributed by atoms with Crippen molar-refractivity contribution in [2.75, 3.05) is 0 Å². The number of halogens is 3. The van der Waals surface area contributed by atoms with Crippen molar-refractivity contribution in [3.63, 3.8) is 0 Å². The summed E-state index contributed by atoms with van der Waals surface area (Å²) in [5, 5.41) is 17.7. The third kappa shape index (κ3) is 4.41. The fourth-order valence-corrected chi connectivity index (χ4v) is 3.59. The van der Waals surface area contributed by atoms with E-state index in [0.29, 0.717) is 12.2 Å². The van der Waals surface area contributed by atoms with Gasteiger partial charge >= 0.3 is 6.18 Å². The van der Waals surface area contributed by atoms with Gasteiger partial charge in [0.2, 0.25) is 5.82 Å². The SMILES string of the molecule is CCCc1nc(CCC)n(Cc2ccc(-n3ccc(C(F)(F)F)c3-c3nn[nH]n3)cc2)n1. The van der Waals surface area contributed by atoms with Gasteiger partial charge in [0.1, 0.15) is 11.5 Å². The number of aryl methyl sites for hydroxylation is 2. The van der Waals surface area contributed by atoms with Crippen LogP contribution in [0.1, 0.15) is 49.5 Å². The van der Waals surface area contributed by atoms with Crippen molar-refractivity contribution in [1.29, 1.82) is 0 Å². The van der Waals surface area contributed by atoms with Crippen LogP contribution in [-0.4, -0.2) is 40.0 Å². The molecule has 0 fully saturated rings. The molecule has 4 rings (SSSR count). The maximum Gasteiger partial charge on any atom is 0.418 e. The van der Waals surface area contributed by atoms with Crippen LogP contribution < -0.4 is 0 Å². The van der Waals surface area contributed by atoms with E-state index in [1.807, 2.05) is 16.8 Å². The fraction of sp³-hybridized carbons (Fsp3) is 0.381. The first-order chi connectivity index (χ1) is 15.4. The summed E-state index contributed by atoms with van der Waals surface area (Å²) in [4.78, 5) is 4.64. The van der Waals surface area contributed by atoms with E-state index in [9.17, 15) is 13.2 Å². The molecule has 0 aliphatic heterocycles. The van der Waals surface area contributed by atoms with E-state index >= 15 is 0 Å². The van der Waals surface area contributed by atoms with Crippen molar-refractivity contribution in [2.45, 2.75) is 52.3 Å². The minimum absolute atomic E-state index is 0.123. The van der Waals surface area contributed by atoms with Crippen molar-refractivity contribution in [2.24, 2.45) is 0 Å². The van der Waals surface area contributed by atoms with Crippen molar-refractivity contribution in [1.82, 2.24) is 40.0 Å². The molecule has 0 aliphatic carbocycles. The number of hydrogen-bond acceptors (Lipinski definition) is 5. The Balaban J connectivity index is 1.64. The van der Waals surface area contributed by atoms with Gasteiger partial charge in [0.25, 0.3) is 0 Å². The molecule has 168 valence electrons. The van der Waals surface area contributed by atoms with Crippen LogP contribution in [-0.2, 0) is 25.6 Å². The predicted octanol–water partition coefficient (Wildman–Crippen LogP) is 4.22. The highest BCUT2D eigenvalue weighted by Crippen LogP contribution is 2.37. The summed E-state index contributed by atoms with van der Waals surface area (Å²) in [5.74, 6) is 1.66. The zero-order valence-corrected chi connectivity index (χ0v) is 17.8. The normalized spacial score (nSPS) is 11.9. The maximum absolute atomic E-state index is 13.5. The Morgan fingerprint density at radius 3 is 2.38 bits per heavy atom. The second kappa shape index (κ2) is 8.93. The topological polar surface area (TPSA) is 90.1 Å². The van der Waals surface area contributed by atoms with E-state index in [-0.39, 0.29) is 11.5 Å². The average molecular weight is 444 g/mol. The molecule has 1 N–H and O–H groups in total. The first-order valence-corrected chi connectivity index (χ1v) is 10.4. The van der Waals surface area contributed by atoms with Crippen molar-refractivity contribution >= 4 is 0 Å². The highest BCUT2D eigenvalue weighted by atomic mass is 19.4. The van der Waals surface area contributed by atoms with Gasteiger partial charge in [-0.25, -0.2) is 9.67 Å². The summed E-state index contributed by atoms with van der Waals surface area (Å²) in [6.07, 6.45) is 0.432. The molecule has 4 aromatic rings. The van der Waals surface area contributed by atoms with Crippen LogP contribution in [0.4, 0.5) is 13.2 Å². The fourth-order valence-electron chi connectivity index (χ4n) is 3.59. The molecule has 11 heteroatoms. The molecule has 0 bridgehead atoms.